The number of aliphatic hydroxyl groups excluding tert-OH is 2. The molecule has 1 amide bonds. The molecule has 2 aromatic heterocycles. The zero-order valence-corrected chi connectivity index (χ0v) is 23.7. The minimum Gasteiger partial charge on any atom is -0.446 e. The van der Waals surface area contributed by atoms with Crippen LogP contribution >= 0.6 is 26.7 Å². The second kappa shape index (κ2) is 11.2. The van der Waals surface area contributed by atoms with Crippen LogP contribution in [-0.2, 0) is 18.6 Å². The molecule has 3 aliphatic heterocycles. The van der Waals surface area contributed by atoms with Crippen LogP contribution in [-0.4, -0.2) is 111 Å². The van der Waals surface area contributed by atoms with E-state index in [1.807, 2.05) is 0 Å². The van der Waals surface area contributed by atoms with Crippen LogP contribution in [0, 0.1) is 0 Å². The second-order valence-corrected chi connectivity index (χ2v) is 14.8. The van der Waals surface area contributed by atoms with Crippen LogP contribution in [0.25, 0.3) is 11.2 Å². The van der Waals surface area contributed by atoms with Crippen LogP contribution in [0.3, 0.4) is 0 Å². The first-order valence-corrected chi connectivity index (χ1v) is 16.5. The van der Waals surface area contributed by atoms with Crippen molar-refractivity contribution in [3.05, 3.63) is 11.6 Å². The average Bonchev–Trinajstić information content (AvgIpc) is 3.42. The number of halogens is 1. The van der Waals surface area contributed by atoms with Gasteiger partial charge < -0.3 is 39.3 Å². The molecule has 0 radical (unpaired) electrons. The minimum atomic E-state index is -4.80. The highest BCUT2D eigenvalue weighted by Crippen LogP contribution is 2.52. The van der Waals surface area contributed by atoms with E-state index < -0.39 is 58.2 Å². The number of piperidine rings is 1. The molecule has 0 spiro atoms. The van der Waals surface area contributed by atoms with Crippen molar-refractivity contribution in [1.29, 1.82) is 0 Å². The topological polar surface area (TPSA) is 242 Å². The van der Waals surface area contributed by atoms with Gasteiger partial charge in [-0.1, -0.05) is 0 Å². The zero-order chi connectivity index (χ0) is 29.0. The number of aliphatic hydroxyl groups is 2. The van der Waals surface area contributed by atoms with E-state index in [9.17, 15) is 29.0 Å². The molecule has 17 nitrogen and oxygen atoms in total. The highest BCUT2D eigenvalue weighted by Gasteiger charge is 2.45. The van der Waals surface area contributed by atoms with Gasteiger partial charge in [0.15, 0.2) is 23.2 Å². The summed E-state index contributed by atoms with van der Waals surface area (Å²) in [6.45, 7) is -0.512. The van der Waals surface area contributed by atoms with Gasteiger partial charge in [0.25, 0.3) is 7.52 Å². The van der Waals surface area contributed by atoms with Crippen LogP contribution < -0.4 is 10.4 Å². The fourth-order valence-electron chi connectivity index (χ4n) is 5.56. The van der Waals surface area contributed by atoms with E-state index in [-0.39, 0.29) is 28.4 Å². The fourth-order valence-corrected chi connectivity index (χ4v) is 8.59. The van der Waals surface area contributed by atoms with E-state index >= 15 is 0 Å². The third-order valence-electron chi connectivity index (χ3n) is 7.47. The lowest BCUT2D eigenvalue weighted by atomic mass is 10.0. The second-order valence-electron chi connectivity index (χ2n) is 10.3. The van der Waals surface area contributed by atoms with Gasteiger partial charge >= 0.3 is 13.7 Å². The average molecular weight is 626 g/mol. The zero-order valence-electron chi connectivity index (χ0n) is 21.1. The summed E-state index contributed by atoms with van der Waals surface area (Å²) in [4.78, 5) is 55.1. The van der Waals surface area contributed by atoms with Gasteiger partial charge in [0.2, 0.25) is 5.28 Å². The predicted octanol–water partition coefficient (Wildman–Crippen LogP) is 0.183. The lowest BCUT2D eigenvalue weighted by molar-refractivity contribution is -0.0331. The molecule has 40 heavy (non-hydrogen) atoms. The molecule has 3 aliphatic rings. The minimum absolute atomic E-state index is 0.0421. The van der Waals surface area contributed by atoms with Crippen molar-refractivity contribution in [2.45, 2.75) is 68.4 Å². The number of amides is 1. The Morgan fingerprint density at radius 3 is 2.50 bits per heavy atom. The predicted molar refractivity (Wildman–Crippen MR) is 139 cm³/mol. The number of fused-ring (bicyclic) bond motifs is 3. The SMILES string of the molecule is CN1[C@@H]2CC[C@H]1C[C@@H](OC(=O)Nc1nc(Cl)nc3c1ncn3[C@@H]1O[C@H](CNP(=O)(O)CP(=O)(O)O)C(O)C1O)C2. The number of carbonyl (C=O) groups is 1. The number of aromatic nitrogens is 4. The summed E-state index contributed by atoms with van der Waals surface area (Å²) in [6.07, 6.45) is -1.81. The third-order valence-corrected chi connectivity index (χ3v) is 11.3. The largest absolute Gasteiger partial charge is 0.446 e. The number of nitrogens with one attached hydrogen (secondary N) is 2. The molecule has 5 heterocycles. The molecule has 0 saturated carbocycles. The third kappa shape index (κ3) is 6.35. The Kier molecular flexibility index (Phi) is 8.29. The summed E-state index contributed by atoms with van der Waals surface area (Å²) >= 11 is 6.10. The summed E-state index contributed by atoms with van der Waals surface area (Å²) in [6, 6.07) is 0.741. The van der Waals surface area contributed by atoms with Crippen molar-refractivity contribution in [1.82, 2.24) is 29.5 Å². The number of carbonyl (C=O) groups excluding carboxylic acids is 1. The van der Waals surface area contributed by atoms with Gasteiger partial charge in [-0.2, -0.15) is 9.97 Å². The summed E-state index contributed by atoms with van der Waals surface area (Å²) in [5.41, 5.74) is 0.144. The van der Waals surface area contributed by atoms with Gasteiger partial charge in [0.05, 0.1) is 6.33 Å². The number of hydrogen-bond acceptors (Lipinski definition) is 11. The smallest absolute Gasteiger partial charge is 0.413 e. The van der Waals surface area contributed by atoms with E-state index in [4.69, 9.17) is 30.9 Å². The molecular weight excluding hydrogens is 596 g/mol. The van der Waals surface area contributed by atoms with Crippen LogP contribution in [0.2, 0.25) is 5.28 Å². The normalized spacial score (nSPS) is 32.3. The van der Waals surface area contributed by atoms with Crippen molar-refractivity contribution in [2.24, 2.45) is 0 Å². The maximum Gasteiger partial charge on any atom is 0.413 e. The van der Waals surface area contributed by atoms with Gasteiger partial charge in [-0.15, -0.1) is 0 Å². The van der Waals surface area contributed by atoms with Crippen LogP contribution in [0.5, 0.6) is 0 Å². The number of anilines is 1. The first-order chi connectivity index (χ1) is 18.7. The van der Waals surface area contributed by atoms with Crippen molar-refractivity contribution in [3.8, 4) is 0 Å². The first kappa shape index (κ1) is 29.7. The maximum absolute atomic E-state index is 12.7. The van der Waals surface area contributed by atoms with E-state index in [1.165, 1.54) is 10.9 Å². The van der Waals surface area contributed by atoms with Gasteiger partial charge in [-0.25, -0.2) is 14.9 Å². The Morgan fingerprint density at radius 2 is 1.85 bits per heavy atom. The Bertz CT molecular complexity index is 1360. The molecule has 3 fully saturated rings. The summed E-state index contributed by atoms with van der Waals surface area (Å²) in [5, 5.41) is 25.5. The molecule has 3 unspecified atom stereocenters. The van der Waals surface area contributed by atoms with Gasteiger partial charge in [-0.3, -0.25) is 19.0 Å². The van der Waals surface area contributed by atoms with Crippen molar-refractivity contribution < 1.29 is 48.3 Å². The van der Waals surface area contributed by atoms with E-state index in [0.717, 1.165) is 25.7 Å². The number of hydrogen-bond donors (Lipinski definition) is 7. The number of ether oxygens (including phenoxy) is 2. The van der Waals surface area contributed by atoms with E-state index in [2.05, 4.69) is 37.3 Å². The van der Waals surface area contributed by atoms with Gasteiger partial charge in [0.1, 0.15) is 30.3 Å². The van der Waals surface area contributed by atoms with Gasteiger partial charge in [0, 0.05) is 31.5 Å². The highest BCUT2D eigenvalue weighted by atomic mass is 35.5. The lowest BCUT2D eigenvalue weighted by Crippen LogP contribution is -2.43. The molecule has 222 valence electrons. The van der Waals surface area contributed by atoms with Crippen molar-refractivity contribution >= 4 is 49.8 Å². The number of nitrogens with zero attached hydrogens (tertiary/aromatic N) is 5. The molecule has 2 bridgehead atoms. The molecule has 2 aromatic rings. The molecular formula is C20H30ClN7O10P2. The van der Waals surface area contributed by atoms with Gasteiger partial charge in [-0.05, 0) is 31.5 Å². The Labute approximate surface area is 232 Å². The quantitative estimate of drug-likeness (QED) is 0.153. The standard InChI is InChI=1S/C20H30ClN7O10P2/c1-27-9-2-3-10(27)5-11(4-9)37-20(31)25-16-13-17(26-19(21)24-16)28(7-22-13)18-15(30)14(29)12(38-18)6-23-39(32,33)8-40(34,35)36/h7,9-12,14-15,18,29-30H,2-6,8H2,1H3,(H2,23,32,33)(H2,34,35,36)(H,24,25,26,31)/t9-,10+,11+,12-,14?,15?,18-/m1/s1. The number of imidazole rings is 1. The molecule has 7 N–H and O–H groups in total. The molecule has 3 saturated heterocycles. The van der Waals surface area contributed by atoms with Crippen LogP contribution in [0.1, 0.15) is 31.9 Å². The van der Waals surface area contributed by atoms with Crippen LogP contribution in [0.15, 0.2) is 6.33 Å². The molecule has 8 atom stereocenters. The highest BCUT2D eigenvalue weighted by molar-refractivity contribution is 7.71. The Morgan fingerprint density at radius 1 is 1.18 bits per heavy atom. The van der Waals surface area contributed by atoms with Crippen LogP contribution in [0.4, 0.5) is 10.6 Å². The fraction of sp³-hybridized carbons (Fsp3) is 0.700. The molecule has 5 rings (SSSR count). The summed E-state index contributed by atoms with van der Waals surface area (Å²) < 4.78 is 35.7. The summed E-state index contributed by atoms with van der Waals surface area (Å²) in [7, 11) is -7.20. The Balaban J connectivity index is 1.28. The first-order valence-electron chi connectivity index (χ1n) is 12.4. The molecule has 0 aromatic carbocycles. The number of rotatable bonds is 8. The Hall–Kier alpha value is -1.75. The van der Waals surface area contributed by atoms with Crippen molar-refractivity contribution in [2.75, 3.05) is 24.8 Å². The monoisotopic (exact) mass is 625 g/mol. The maximum atomic E-state index is 12.7. The van der Waals surface area contributed by atoms with Crippen molar-refractivity contribution in [3.63, 3.8) is 0 Å². The van der Waals surface area contributed by atoms with E-state index in [0.29, 0.717) is 12.1 Å². The molecule has 0 aliphatic carbocycles. The molecule has 20 heteroatoms. The van der Waals surface area contributed by atoms with E-state index in [1.54, 1.807) is 0 Å². The summed E-state index contributed by atoms with van der Waals surface area (Å²) in [5.74, 6) is -1.35. The lowest BCUT2D eigenvalue weighted by Gasteiger charge is -2.35.